The number of benzene rings is 3. The Morgan fingerprint density at radius 3 is 2.31 bits per heavy atom. The first-order valence-electron chi connectivity index (χ1n) is 10.9. The zero-order valence-corrected chi connectivity index (χ0v) is 19.8. The van der Waals surface area contributed by atoms with Crippen molar-refractivity contribution in [2.24, 2.45) is 0 Å². The molecule has 0 spiro atoms. The molecule has 0 aliphatic heterocycles. The number of nitrogens with one attached hydrogen (secondary N) is 2. The molecule has 4 aromatic rings. The van der Waals surface area contributed by atoms with Gasteiger partial charge in [0.1, 0.15) is 5.82 Å². The fourth-order valence-corrected chi connectivity index (χ4v) is 4.98. The molecule has 0 bridgehead atoms. The molecule has 178 valence electrons. The van der Waals surface area contributed by atoms with Crippen LogP contribution < -0.4 is 10.9 Å². The van der Waals surface area contributed by atoms with Crippen molar-refractivity contribution in [2.45, 2.75) is 18.4 Å². The number of aromatic amines is 1. The fourth-order valence-electron chi connectivity index (χ4n) is 3.58. The van der Waals surface area contributed by atoms with Crippen LogP contribution in [0.1, 0.15) is 11.3 Å². The average Bonchev–Trinajstić information content (AvgIpc) is 2.84. The Morgan fingerprint density at radius 1 is 0.943 bits per heavy atom. The molecule has 1 aromatic heterocycles. The van der Waals surface area contributed by atoms with Gasteiger partial charge in [0.05, 0.1) is 11.4 Å². The molecular formula is C26H24N4O4S. The minimum absolute atomic E-state index is 0.0416. The lowest BCUT2D eigenvalue weighted by atomic mass is 10.2. The van der Waals surface area contributed by atoms with Crippen LogP contribution in [0.15, 0.2) is 101 Å². The summed E-state index contributed by atoms with van der Waals surface area (Å²) >= 11 is 0. The standard InChI is InChI=1S/C26H24N4O4S/c1-19-15-24(31)29-26(27-19)21-11-8-12-22(16-21)28-25(32)18-30(17-20-9-4-2-5-10-20)35(33,34)23-13-6-3-7-14-23/h2-16H,17-18H2,1H3,(H,28,32)(H,27,29,31). The quantitative estimate of drug-likeness (QED) is 0.394. The molecule has 1 heterocycles. The number of nitrogens with zero attached hydrogens (tertiary/aromatic N) is 2. The summed E-state index contributed by atoms with van der Waals surface area (Å²) in [6.45, 7) is 1.38. The Labute approximate surface area is 203 Å². The maximum atomic E-state index is 13.3. The predicted octanol–water partition coefficient (Wildman–Crippen LogP) is 3.57. The van der Waals surface area contributed by atoms with Crippen molar-refractivity contribution in [1.82, 2.24) is 14.3 Å². The highest BCUT2D eigenvalue weighted by molar-refractivity contribution is 7.89. The SMILES string of the molecule is Cc1cc(=O)[nH]c(-c2cccc(NC(=O)CN(Cc3ccccc3)S(=O)(=O)c3ccccc3)c2)n1. The molecule has 3 aromatic carbocycles. The van der Waals surface area contributed by atoms with Gasteiger partial charge in [-0.3, -0.25) is 9.59 Å². The van der Waals surface area contributed by atoms with E-state index in [1.165, 1.54) is 18.2 Å². The largest absolute Gasteiger partial charge is 0.325 e. The maximum Gasteiger partial charge on any atom is 0.251 e. The zero-order chi connectivity index (χ0) is 24.8. The van der Waals surface area contributed by atoms with Gasteiger partial charge >= 0.3 is 0 Å². The smallest absolute Gasteiger partial charge is 0.251 e. The van der Waals surface area contributed by atoms with Gasteiger partial charge in [-0.25, -0.2) is 13.4 Å². The van der Waals surface area contributed by atoms with Crippen LogP contribution in [0.4, 0.5) is 5.69 Å². The number of sulfonamides is 1. The van der Waals surface area contributed by atoms with Crippen LogP contribution >= 0.6 is 0 Å². The number of aryl methyl sites for hydroxylation is 1. The number of hydrogen-bond donors (Lipinski definition) is 2. The minimum Gasteiger partial charge on any atom is -0.325 e. The molecule has 0 unspecified atom stereocenters. The van der Waals surface area contributed by atoms with Crippen LogP contribution in [0.25, 0.3) is 11.4 Å². The summed E-state index contributed by atoms with van der Waals surface area (Å²) in [5, 5.41) is 2.76. The molecular weight excluding hydrogens is 464 g/mol. The molecule has 0 aliphatic carbocycles. The molecule has 0 radical (unpaired) electrons. The van der Waals surface area contributed by atoms with E-state index in [0.717, 1.165) is 9.87 Å². The van der Waals surface area contributed by atoms with Crippen LogP contribution in [0, 0.1) is 6.92 Å². The van der Waals surface area contributed by atoms with Gasteiger partial charge in [0.15, 0.2) is 0 Å². The highest BCUT2D eigenvalue weighted by atomic mass is 32.2. The predicted molar refractivity (Wildman–Crippen MR) is 134 cm³/mol. The highest BCUT2D eigenvalue weighted by Gasteiger charge is 2.27. The molecule has 35 heavy (non-hydrogen) atoms. The van der Waals surface area contributed by atoms with Crippen molar-refractivity contribution >= 4 is 21.6 Å². The highest BCUT2D eigenvalue weighted by Crippen LogP contribution is 2.21. The Hall–Kier alpha value is -4.08. The molecule has 8 nitrogen and oxygen atoms in total. The summed E-state index contributed by atoms with van der Waals surface area (Å²) < 4.78 is 27.8. The summed E-state index contributed by atoms with van der Waals surface area (Å²) in [6, 6.07) is 25.3. The number of rotatable bonds is 8. The molecule has 2 N–H and O–H groups in total. The van der Waals surface area contributed by atoms with Gasteiger partial charge in [-0.15, -0.1) is 0 Å². The van der Waals surface area contributed by atoms with E-state index in [-0.39, 0.29) is 23.5 Å². The van der Waals surface area contributed by atoms with E-state index in [0.29, 0.717) is 22.8 Å². The van der Waals surface area contributed by atoms with Gasteiger partial charge < -0.3 is 10.3 Å². The Morgan fingerprint density at radius 2 is 1.63 bits per heavy atom. The van der Waals surface area contributed by atoms with E-state index in [9.17, 15) is 18.0 Å². The first-order chi connectivity index (χ1) is 16.8. The van der Waals surface area contributed by atoms with Crippen molar-refractivity contribution < 1.29 is 13.2 Å². The second-order valence-corrected chi connectivity index (χ2v) is 9.87. The number of aromatic nitrogens is 2. The van der Waals surface area contributed by atoms with E-state index >= 15 is 0 Å². The second-order valence-electron chi connectivity index (χ2n) is 7.94. The van der Waals surface area contributed by atoms with Gasteiger partial charge in [-0.05, 0) is 36.8 Å². The van der Waals surface area contributed by atoms with E-state index in [2.05, 4.69) is 15.3 Å². The summed E-state index contributed by atoms with van der Waals surface area (Å²) in [4.78, 5) is 31.9. The normalized spacial score (nSPS) is 11.4. The lowest BCUT2D eigenvalue weighted by Crippen LogP contribution is -2.37. The Balaban J connectivity index is 1.57. The third kappa shape index (κ3) is 6.08. The van der Waals surface area contributed by atoms with E-state index in [1.807, 2.05) is 30.3 Å². The van der Waals surface area contributed by atoms with Crippen molar-refractivity contribution in [3.05, 3.63) is 113 Å². The summed E-state index contributed by atoms with van der Waals surface area (Å²) in [7, 11) is -3.92. The maximum absolute atomic E-state index is 13.3. The van der Waals surface area contributed by atoms with E-state index in [4.69, 9.17) is 0 Å². The van der Waals surface area contributed by atoms with Gasteiger partial charge in [-0.1, -0.05) is 60.7 Å². The number of amides is 1. The average molecular weight is 489 g/mol. The van der Waals surface area contributed by atoms with Crippen LogP contribution in [-0.2, 0) is 21.4 Å². The van der Waals surface area contributed by atoms with Crippen LogP contribution in [0.5, 0.6) is 0 Å². The fraction of sp³-hybridized carbons (Fsp3) is 0.115. The lowest BCUT2D eigenvalue weighted by Gasteiger charge is -2.22. The molecule has 1 amide bonds. The van der Waals surface area contributed by atoms with Crippen LogP contribution in [-0.4, -0.2) is 35.1 Å². The number of carbonyl (C=O) groups is 1. The molecule has 0 saturated carbocycles. The van der Waals surface area contributed by atoms with Crippen LogP contribution in [0.2, 0.25) is 0 Å². The van der Waals surface area contributed by atoms with Crippen molar-refractivity contribution in [2.75, 3.05) is 11.9 Å². The first-order valence-corrected chi connectivity index (χ1v) is 12.3. The number of anilines is 1. The lowest BCUT2D eigenvalue weighted by molar-refractivity contribution is -0.116. The molecule has 0 saturated heterocycles. The Bertz CT molecular complexity index is 1490. The topological polar surface area (TPSA) is 112 Å². The van der Waals surface area contributed by atoms with Gasteiger partial charge in [0.25, 0.3) is 5.56 Å². The van der Waals surface area contributed by atoms with Gasteiger partial charge in [0.2, 0.25) is 15.9 Å². The molecule has 0 fully saturated rings. The molecule has 0 atom stereocenters. The van der Waals surface area contributed by atoms with Crippen molar-refractivity contribution in [1.29, 1.82) is 0 Å². The van der Waals surface area contributed by atoms with Crippen molar-refractivity contribution in [3.8, 4) is 11.4 Å². The van der Waals surface area contributed by atoms with E-state index in [1.54, 1.807) is 49.4 Å². The third-order valence-electron chi connectivity index (χ3n) is 5.19. The van der Waals surface area contributed by atoms with Gasteiger partial charge in [-0.2, -0.15) is 4.31 Å². The molecule has 4 rings (SSSR count). The van der Waals surface area contributed by atoms with Crippen molar-refractivity contribution in [3.63, 3.8) is 0 Å². The summed E-state index contributed by atoms with van der Waals surface area (Å²) in [5.74, 6) is -0.119. The third-order valence-corrected chi connectivity index (χ3v) is 7.00. The number of H-pyrrole nitrogens is 1. The number of carbonyl (C=O) groups excluding carboxylic acids is 1. The molecule has 9 heteroatoms. The van der Waals surface area contributed by atoms with Crippen LogP contribution in [0.3, 0.4) is 0 Å². The summed E-state index contributed by atoms with van der Waals surface area (Å²) in [5.41, 5.74) is 2.12. The van der Waals surface area contributed by atoms with Gasteiger partial charge in [0, 0.05) is 29.6 Å². The zero-order valence-electron chi connectivity index (χ0n) is 19.0. The summed E-state index contributed by atoms with van der Waals surface area (Å²) in [6.07, 6.45) is 0. The second kappa shape index (κ2) is 10.5. The van der Waals surface area contributed by atoms with E-state index < -0.39 is 15.9 Å². The number of hydrogen-bond acceptors (Lipinski definition) is 5. The Kier molecular flexibility index (Phi) is 7.19. The first kappa shape index (κ1) is 24.1. The minimum atomic E-state index is -3.92. The monoisotopic (exact) mass is 488 g/mol. The molecule has 0 aliphatic rings.